The van der Waals surface area contributed by atoms with Crippen LogP contribution in [-0.2, 0) is 9.59 Å². The Morgan fingerprint density at radius 2 is 1.94 bits per heavy atom. The van der Waals surface area contributed by atoms with Gasteiger partial charge < -0.3 is 14.9 Å². The molecule has 5 nitrogen and oxygen atoms in total. The van der Waals surface area contributed by atoms with Crippen molar-refractivity contribution in [1.82, 2.24) is 9.80 Å². The van der Waals surface area contributed by atoms with E-state index in [1.807, 2.05) is 0 Å². The predicted octanol–water partition coefficient (Wildman–Crippen LogP) is 0.897. The number of hydrogen-bond donors (Lipinski definition) is 1. The van der Waals surface area contributed by atoms with Gasteiger partial charge in [0.15, 0.2) is 0 Å². The Morgan fingerprint density at radius 3 is 2.39 bits per heavy atom. The van der Waals surface area contributed by atoms with Gasteiger partial charge in [0, 0.05) is 13.6 Å². The summed E-state index contributed by atoms with van der Waals surface area (Å²) in [6.07, 6.45) is 2.52. The van der Waals surface area contributed by atoms with Gasteiger partial charge in [0.25, 0.3) is 0 Å². The summed E-state index contributed by atoms with van der Waals surface area (Å²) in [5.74, 6) is -1.66. The summed E-state index contributed by atoms with van der Waals surface area (Å²) in [5.41, 5.74) is 0. The zero-order chi connectivity index (χ0) is 13.7. The fraction of sp³-hybridized carbons (Fsp3) is 0.846. The number of carbonyl (C=O) groups excluding carboxylic acids is 1. The minimum absolute atomic E-state index is 0.260. The van der Waals surface area contributed by atoms with E-state index in [1.54, 1.807) is 18.9 Å². The number of likely N-dealkylation sites (tertiary alicyclic amines) is 1. The molecule has 1 saturated heterocycles. The van der Waals surface area contributed by atoms with Crippen LogP contribution in [0.1, 0.15) is 26.2 Å². The van der Waals surface area contributed by atoms with E-state index in [9.17, 15) is 9.59 Å². The van der Waals surface area contributed by atoms with Gasteiger partial charge in [-0.3, -0.25) is 9.59 Å². The molecule has 0 spiro atoms. The Labute approximate surface area is 109 Å². The van der Waals surface area contributed by atoms with Crippen LogP contribution < -0.4 is 0 Å². The lowest BCUT2D eigenvalue weighted by molar-refractivity contribution is -0.151. The van der Waals surface area contributed by atoms with Crippen LogP contribution in [0.25, 0.3) is 0 Å². The van der Waals surface area contributed by atoms with Crippen LogP contribution in [0, 0.1) is 11.8 Å². The van der Waals surface area contributed by atoms with Crippen molar-refractivity contribution in [3.05, 3.63) is 0 Å². The van der Waals surface area contributed by atoms with Gasteiger partial charge in [0.2, 0.25) is 5.91 Å². The van der Waals surface area contributed by atoms with Crippen molar-refractivity contribution in [2.24, 2.45) is 11.8 Å². The standard InChI is InChI=1S/C13H24N2O3/c1-4-11(13(17)18)12(16)15(3)9-10-5-7-14(2)8-6-10/h10-11H,4-9H2,1-3H3,(H,17,18). The topological polar surface area (TPSA) is 60.9 Å². The third-order valence-corrected chi connectivity index (χ3v) is 3.75. The molecule has 1 amide bonds. The van der Waals surface area contributed by atoms with E-state index in [1.165, 1.54) is 0 Å². The second kappa shape index (κ2) is 6.73. The molecule has 5 heteroatoms. The maximum Gasteiger partial charge on any atom is 0.316 e. The molecule has 1 atom stereocenters. The van der Waals surface area contributed by atoms with Crippen LogP contribution in [-0.4, -0.2) is 60.5 Å². The van der Waals surface area contributed by atoms with Crippen LogP contribution in [0.2, 0.25) is 0 Å². The highest BCUT2D eigenvalue weighted by Gasteiger charge is 2.28. The van der Waals surface area contributed by atoms with Gasteiger partial charge >= 0.3 is 5.97 Å². The van der Waals surface area contributed by atoms with Gasteiger partial charge in [0.05, 0.1) is 0 Å². The number of carboxylic acids is 1. The van der Waals surface area contributed by atoms with E-state index in [-0.39, 0.29) is 5.91 Å². The Bertz CT molecular complexity index is 299. The molecule has 1 aliphatic heterocycles. The van der Waals surface area contributed by atoms with E-state index in [0.717, 1.165) is 25.9 Å². The highest BCUT2D eigenvalue weighted by molar-refractivity contribution is 5.96. The van der Waals surface area contributed by atoms with Gasteiger partial charge in [-0.05, 0) is 45.3 Å². The maximum atomic E-state index is 12.0. The number of carboxylic acid groups (broad SMARTS) is 1. The smallest absolute Gasteiger partial charge is 0.316 e. The van der Waals surface area contributed by atoms with Gasteiger partial charge in [-0.1, -0.05) is 6.92 Å². The molecule has 0 aromatic heterocycles. The zero-order valence-corrected chi connectivity index (χ0v) is 11.6. The second-order valence-electron chi connectivity index (χ2n) is 5.26. The first kappa shape index (κ1) is 15.0. The van der Waals surface area contributed by atoms with Crippen LogP contribution >= 0.6 is 0 Å². The summed E-state index contributed by atoms with van der Waals surface area (Å²) in [6, 6.07) is 0. The van der Waals surface area contributed by atoms with Gasteiger partial charge in [-0.25, -0.2) is 0 Å². The van der Waals surface area contributed by atoms with Gasteiger partial charge in [-0.15, -0.1) is 0 Å². The van der Waals surface area contributed by atoms with Crippen molar-refractivity contribution >= 4 is 11.9 Å². The first-order chi connectivity index (χ1) is 8.45. The first-order valence-electron chi connectivity index (χ1n) is 6.62. The minimum atomic E-state index is -1.02. The molecule has 0 aliphatic carbocycles. The molecule has 0 saturated carbocycles. The van der Waals surface area contributed by atoms with E-state index < -0.39 is 11.9 Å². The van der Waals surface area contributed by atoms with Crippen molar-refractivity contribution < 1.29 is 14.7 Å². The van der Waals surface area contributed by atoms with E-state index in [4.69, 9.17) is 5.11 Å². The minimum Gasteiger partial charge on any atom is -0.481 e. The number of nitrogens with zero attached hydrogens (tertiary/aromatic N) is 2. The van der Waals surface area contributed by atoms with Gasteiger partial charge in [0.1, 0.15) is 5.92 Å². The Kier molecular flexibility index (Phi) is 5.59. The molecular formula is C13H24N2O3. The molecule has 0 aromatic carbocycles. The maximum absolute atomic E-state index is 12.0. The van der Waals surface area contributed by atoms with Crippen LogP contribution in [0.4, 0.5) is 0 Å². The largest absolute Gasteiger partial charge is 0.481 e. The molecule has 0 radical (unpaired) electrons. The average molecular weight is 256 g/mol. The van der Waals surface area contributed by atoms with Crippen molar-refractivity contribution in [1.29, 1.82) is 0 Å². The van der Waals surface area contributed by atoms with E-state index in [2.05, 4.69) is 11.9 Å². The highest BCUT2D eigenvalue weighted by atomic mass is 16.4. The zero-order valence-electron chi connectivity index (χ0n) is 11.6. The molecule has 1 heterocycles. The highest BCUT2D eigenvalue weighted by Crippen LogP contribution is 2.18. The average Bonchev–Trinajstić information content (AvgIpc) is 2.32. The van der Waals surface area contributed by atoms with Crippen LogP contribution in [0.15, 0.2) is 0 Å². The summed E-state index contributed by atoms with van der Waals surface area (Å²) in [7, 11) is 3.81. The second-order valence-corrected chi connectivity index (χ2v) is 5.26. The fourth-order valence-electron chi connectivity index (χ4n) is 2.44. The van der Waals surface area contributed by atoms with E-state index in [0.29, 0.717) is 18.9 Å². The first-order valence-corrected chi connectivity index (χ1v) is 6.62. The molecule has 1 fully saturated rings. The third-order valence-electron chi connectivity index (χ3n) is 3.75. The number of hydrogen-bond acceptors (Lipinski definition) is 3. The molecule has 1 N–H and O–H groups in total. The molecule has 0 bridgehead atoms. The Balaban J connectivity index is 2.46. The molecule has 1 aliphatic rings. The SMILES string of the molecule is CCC(C(=O)O)C(=O)N(C)CC1CCN(C)CC1. The predicted molar refractivity (Wildman–Crippen MR) is 69.3 cm³/mol. The Morgan fingerprint density at radius 1 is 1.39 bits per heavy atom. The summed E-state index contributed by atoms with van der Waals surface area (Å²) < 4.78 is 0. The van der Waals surface area contributed by atoms with Gasteiger partial charge in [-0.2, -0.15) is 0 Å². The summed E-state index contributed by atoms with van der Waals surface area (Å²) in [4.78, 5) is 26.8. The summed E-state index contributed by atoms with van der Waals surface area (Å²) in [6.45, 7) is 4.53. The lowest BCUT2D eigenvalue weighted by atomic mass is 9.96. The Hall–Kier alpha value is -1.10. The quantitative estimate of drug-likeness (QED) is 0.742. The molecule has 104 valence electrons. The molecular weight excluding hydrogens is 232 g/mol. The lowest BCUT2D eigenvalue weighted by Crippen LogP contribution is -2.41. The van der Waals surface area contributed by atoms with Crippen molar-refractivity contribution in [2.75, 3.05) is 33.7 Å². The number of piperidine rings is 1. The van der Waals surface area contributed by atoms with Crippen molar-refractivity contribution in [3.8, 4) is 0 Å². The molecule has 18 heavy (non-hydrogen) atoms. The molecule has 1 unspecified atom stereocenters. The summed E-state index contributed by atoms with van der Waals surface area (Å²) >= 11 is 0. The number of aliphatic carboxylic acids is 1. The normalized spacial score (nSPS) is 19.5. The molecule has 1 rings (SSSR count). The monoisotopic (exact) mass is 256 g/mol. The van der Waals surface area contributed by atoms with E-state index >= 15 is 0 Å². The van der Waals surface area contributed by atoms with Crippen molar-refractivity contribution in [2.45, 2.75) is 26.2 Å². The summed E-state index contributed by atoms with van der Waals surface area (Å²) in [5, 5.41) is 8.98. The van der Waals surface area contributed by atoms with Crippen LogP contribution in [0.3, 0.4) is 0 Å². The van der Waals surface area contributed by atoms with Crippen LogP contribution in [0.5, 0.6) is 0 Å². The van der Waals surface area contributed by atoms with Crippen molar-refractivity contribution in [3.63, 3.8) is 0 Å². The number of carbonyl (C=O) groups is 2. The lowest BCUT2D eigenvalue weighted by Gasteiger charge is -2.32. The molecule has 0 aromatic rings. The third kappa shape index (κ3) is 3.98. The fourth-order valence-corrected chi connectivity index (χ4v) is 2.44. The number of rotatable bonds is 5. The number of amides is 1.